The number of nitrogens with zero attached hydrogens (tertiary/aromatic N) is 1. The Bertz CT molecular complexity index is 583. The fourth-order valence-electron chi connectivity index (χ4n) is 1.63. The van der Waals surface area contributed by atoms with Gasteiger partial charge in [-0.15, -0.1) is 0 Å². The normalized spacial score (nSPS) is 10.3. The summed E-state index contributed by atoms with van der Waals surface area (Å²) in [6.45, 7) is 2.17. The number of nitrogens with one attached hydrogen (secondary N) is 2. The molecule has 2 aromatic rings. The first-order valence-corrected chi connectivity index (χ1v) is 6.40. The van der Waals surface area contributed by atoms with Crippen LogP contribution in [0.25, 0.3) is 0 Å². The van der Waals surface area contributed by atoms with Crippen molar-refractivity contribution in [2.75, 3.05) is 11.9 Å². The summed E-state index contributed by atoms with van der Waals surface area (Å²) < 4.78 is 18.2. The summed E-state index contributed by atoms with van der Waals surface area (Å²) in [4.78, 5) is 11.6. The highest BCUT2D eigenvalue weighted by atomic mass is 19.1. The maximum atomic E-state index is 12.9. The number of aromatic amines is 1. The van der Waals surface area contributed by atoms with E-state index in [1.807, 2.05) is 6.92 Å². The van der Waals surface area contributed by atoms with Gasteiger partial charge in [0.2, 0.25) is 5.91 Å². The molecule has 0 saturated carbocycles. The number of halogens is 1. The fraction of sp³-hybridized carbons (Fsp3) is 0.286. The SMILES string of the molecule is CCc1cc(NC(=O)CCOc2cccc(F)c2)n[nH]1. The van der Waals surface area contributed by atoms with Crippen molar-refractivity contribution in [1.29, 1.82) is 0 Å². The number of aromatic nitrogens is 2. The lowest BCUT2D eigenvalue weighted by molar-refractivity contribution is -0.116. The van der Waals surface area contributed by atoms with Gasteiger partial charge in [0.25, 0.3) is 0 Å². The van der Waals surface area contributed by atoms with E-state index in [0.29, 0.717) is 11.6 Å². The third-order valence-electron chi connectivity index (χ3n) is 2.67. The van der Waals surface area contributed by atoms with Crippen molar-refractivity contribution in [1.82, 2.24) is 10.2 Å². The number of anilines is 1. The minimum Gasteiger partial charge on any atom is -0.493 e. The smallest absolute Gasteiger partial charge is 0.229 e. The van der Waals surface area contributed by atoms with Crippen LogP contribution in [0.5, 0.6) is 5.75 Å². The summed E-state index contributed by atoms with van der Waals surface area (Å²) in [6, 6.07) is 7.59. The van der Waals surface area contributed by atoms with E-state index in [9.17, 15) is 9.18 Å². The third kappa shape index (κ3) is 4.08. The van der Waals surface area contributed by atoms with Gasteiger partial charge in [0.1, 0.15) is 11.6 Å². The van der Waals surface area contributed by atoms with Crippen molar-refractivity contribution < 1.29 is 13.9 Å². The Morgan fingerprint density at radius 3 is 3.00 bits per heavy atom. The van der Waals surface area contributed by atoms with Crippen molar-refractivity contribution in [3.8, 4) is 5.75 Å². The van der Waals surface area contributed by atoms with Crippen LogP contribution >= 0.6 is 0 Å². The van der Waals surface area contributed by atoms with Gasteiger partial charge in [-0.3, -0.25) is 9.89 Å². The Morgan fingerprint density at radius 2 is 2.30 bits per heavy atom. The van der Waals surface area contributed by atoms with E-state index >= 15 is 0 Å². The molecule has 0 aliphatic carbocycles. The first-order chi connectivity index (χ1) is 9.67. The molecule has 1 amide bonds. The maximum Gasteiger partial charge on any atom is 0.229 e. The van der Waals surface area contributed by atoms with E-state index in [1.54, 1.807) is 18.2 Å². The number of aryl methyl sites for hydroxylation is 1. The van der Waals surface area contributed by atoms with Crippen LogP contribution in [-0.4, -0.2) is 22.7 Å². The highest BCUT2D eigenvalue weighted by Crippen LogP contribution is 2.12. The second kappa shape index (κ2) is 6.70. The molecular formula is C14H16FN3O2. The first kappa shape index (κ1) is 14.0. The van der Waals surface area contributed by atoms with Gasteiger partial charge in [-0.2, -0.15) is 5.10 Å². The zero-order valence-corrected chi connectivity index (χ0v) is 11.1. The van der Waals surface area contributed by atoms with Crippen LogP contribution in [0.4, 0.5) is 10.2 Å². The standard InChI is InChI=1S/C14H16FN3O2/c1-2-11-9-13(18-17-11)16-14(19)6-7-20-12-5-3-4-10(15)8-12/h3-5,8-9H,2,6-7H2,1H3,(H2,16,17,18,19). The largest absolute Gasteiger partial charge is 0.493 e. The molecule has 0 atom stereocenters. The van der Waals surface area contributed by atoms with Gasteiger partial charge < -0.3 is 10.1 Å². The minimum atomic E-state index is -0.365. The van der Waals surface area contributed by atoms with Crippen LogP contribution in [0, 0.1) is 5.82 Å². The molecule has 0 aliphatic heterocycles. The second-order valence-electron chi connectivity index (χ2n) is 4.24. The first-order valence-electron chi connectivity index (χ1n) is 6.40. The average Bonchev–Trinajstić information content (AvgIpc) is 2.86. The molecule has 2 rings (SSSR count). The van der Waals surface area contributed by atoms with E-state index in [4.69, 9.17) is 4.74 Å². The zero-order valence-electron chi connectivity index (χ0n) is 11.1. The van der Waals surface area contributed by atoms with Crippen LogP contribution in [-0.2, 0) is 11.2 Å². The Kier molecular flexibility index (Phi) is 4.70. The molecule has 0 aliphatic rings. The lowest BCUT2D eigenvalue weighted by atomic mass is 10.3. The number of carbonyl (C=O) groups excluding carboxylic acids is 1. The van der Waals surface area contributed by atoms with Gasteiger partial charge in [0.05, 0.1) is 13.0 Å². The van der Waals surface area contributed by atoms with Crippen molar-refractivity contribution >= 4 is 11.7 Å². The molecule has 0 saturated heterocycles. The molecule has 0 spiro atoms. The molecule has 1 aromatic heterocycles. The summed E-state index contributed by atoms with van der Waals surface area (Å²) in [5.74, 6) is 0.342. The van der Waals surface area contributed by atoms with Crippen LogP contribution in [0.3, 0.4) is 0 Å². The van der Waals surface area contributed by atoms with Gasteiger partial charge in [-0.1, -0.05) is 13.0 Å². The molecule has 20 heavy (non-hydrogen) atoms. The fourth-order valence-corrected chi connectivity index (χ4v) is 1.63. The van der Waals surface area contributed by atoms with E-state index in [1.165, 1.54) is 12.1 Å². The Hall–Kier alpha value is -2.37. The van der Waals surface area contributed by atoms with Gasteiger partial charge in [-0.25, -0.2) is 4.39 Å². The van der Waals surface area contributed by atoms with E-state index in [2.05, 4.69) is 15.5 Å². The topological polar surface area (TPSA) is 67.0 Å². The van der Waals surface area contributed by atoms with E-state index < -0.39 is 0 Å². The average molecular weight is 277 g/mol. The highest BCUT2D eigenvalue weighted by Gasteiger charge is 2.06. The minimum absolute atomic E-state index is 0.171. The molecule has 5 nitrogen and oxygen atoms in total. The lowest BCUT2D eigenvalue weighted by Crippen LogP contribution is -2.15. The quantitative estimate of drug-likeness (QED) is 0.852. The summed E-state index contributed by atoms with van der Waals surface area (Å²) in [7, 11) is 0. The summed E-state index contributed by atoms with van der Waals surface area (Å²) >= 11 is 0. The maximum absolute atomic E-state index is 12.9. The number of benzene rings is 1. The summed E-state index contributed by atoms with van der Waals surface area (Å²) in [5, 5.41) is 9.43. The number of H-pyrrole nitrogens is 1. The highest BCUT2D eigenvalue weighted by molar-refractivity contribution is 5.89. The molecule has 2 N–H and O–H groups in total. The third-order valence-corrected chi connectivity index (χ3v) is 2.67. The number of hydrogen-bond acceptors (Lipinski definition) is 3. The van der Waals surface area contributed by atoms with Crippen LogP contribution in [0.2, 0.25) is 0 Å². The number of hydrogen-bond donors (Lipinski definition) is 2. The Labute approximate surface area is 116 Å². The van der Waals surface area contributed by atoms with E-state index in [0.717, 1.165) is 12.1 Å². The number of amides is 1. The number of ether oxygens (including phenoxy) is 1. The zero-order chi connectivity index (χ0) is 14.4. The van der Waals surface area contributed by atoms with E-state index in [-0.39, 0.29) is 24.8 Å². The molecule has 106 valence electrons. The molecule has 0 fully saturated rings. The van der Waals surface area contributed by atoms with Crippen LogP contribution < -0.4 is 10.1 Å². The molecular weight excluding hydrogens is 261 g/mol. The lowest BCUT2D eigenvalue weighted by Gasteiger charge is -2.05. The molecule has 6 heteroatoms. The molecule has 1 heterocycles. The molecule has 1 aromatic carbocycles. The van der Waals surface area contributed by atoms with Crippen molar-refractivity contribution in [2.24, 2.45) is 0 Å². The van der Waals surface area contributed by atoms with Crippen LogP contribution in [0.15, 0.2) is 30.3 Å². The van der Waals surface area contributed by atoms with Gasteiger partial charge in [-0.05, 0) is 18.6 Å². The molecule has 0 radical (unpaired) electrons. The van der Waals surface area contributed by atoms with Crippen LogP contribution in [0.1, 0.15) is 19.0 Å². The Morgan fingerprint density at radius 1 is 1.45 bits per heavy atom. The number of rotatable bonds is 6. The van der Waals surface area contributed by atoms with Gasteiger partial charge in [0.15, 0.2) is 5.82 Å². The monoisotopic (exact) mass is 277 g/mol. The Balaban J connectivity index is 1.75. The predicted octanol–water partition coefficient (Wildman–Crippen LogP) is 2.52. The van der Waals surface area contributed by atoms with Crippen molar-refractivity contribution in [2.45, 2.75) is 19.8 Å². The van der Waals surface area contributed by atoms with Gasteiger partial charge in [0, 0.05) is 17.8 Å². The second-order valence-corrected chi connectivity index (χ2v) is 4.24. The molecule has 0 unspecified atom stereocenters. The van der Waals surface area contributed by atoms with Gasteiger partial charge >= 0.3 is 0 Å². The molecule has 0 bridgehead atoms. The van der Waals surface area contributed by atoms with Crippen molar-refractivity contribution in [3.05, 3.63) is 41.8 Å². The summed E-state index contributed by atoms with van der Waals surface area (Å²) in [6.07, 6.45) is 0.996. The summed E-state index contributed by atoms with van der Waals surface area (Å²) in [5.41, 5.74) is 0.955. The number of carbonyl (C=O) groups is 1. The predicted molar refractivity (Wildman–Crippen MR) is 73.1 cm³/mol. The van der Waals surface area contributed by atoms with Crippen molar-refractivity contribution in [3.63, 3.8) is 0 Å².